The van der Waals surface area contributed by atoms with E-state index in [2.05, 4.69) is 10.2 Å². The summed E-state index contributed by atoms with van der Waals surface area (Å²) in [6.07, 6.45) is 3.01. The van der Waals surface area contributed by atoms with Gasteiger partial charge in [-0.3, -0.25) is 15.2 Å². The van der Waals surface area contributed by atoms with Crippen molar-refractivity contribution >= 4 is 12.0 Å². The van der Waals surface area contributed by atoms with Gasteiger partial charge in [0, 0.05) is 12.6 Å². The summed E-state index contributed by atoms with van der Waals surface area (Å²) in [6, 6.07) is 11.9. The van der Waals surface area contributed by atoms with Gasteiger partial charge in [0.25, 0.3) is 0 Å². The first-order valence-corrected chi connectivity index (χ1v) is 7.69. The molecule has 0 aliphatic heterocycles. The van der Waals surface area contributed by atoms with Gasteiger partial charge in [0.2, 0.25) is 5.91 Å². The number of rotatable bonds is 8. The first kappa shape index (κ1) is 19.4. The molecule has 2 rings (SSSR count). The molecule has 0 aliphatic carbocycles. The van der Waals surface area contributed by atoms with Crippen molar-refractivity contribution in [1.29, 1.82) is 0 Å². The zero-order chi connectivity index (χ0) is 18.9. The molecule has 0 fully saturated rings. The van der Waals surface area contributed by atoms with Gasteiger partial charge in [0.15, 0.2) is 11.5 Å². The molecule has 0 atom stereocenters. The van der Waals surface area contributed by atoms with Crippen LogP contribution >= 0.6 is 0 Å². The molecule has 0 bridgehead atoms. The predicted molar refractivity (Wildman–Crippen MR) is 92.2 cm³/mol. The van der Waals surface area contributed by atoms with E-state index in [9.17, 15) is 9.90 Å². The lowest BCUT2D eigenvalue weighted by molar-refractivity contribution is -0.497. The predicted octanol–water partition coefficient (Wildman–Crippen LogP) is 2.24. The van der Waals surface area contributed by atoms with Crippen LogP contribution in [0, 0.1) is 0 Å². The number of ether oxygens (including phenoxy) is 1. The third kappa shape index (κ3) is 6.19. The number of phenols is 1. The normalized spacial score (nSPS) is 11.1. The van der Waals surface area contributed by atoms with Crippen molar-refractivity contribution < 1.29 is 29.9 Å². The number of carbonyl (C=O) groups is 1. The number of nitrogens with one attached hydrogen (secondary N) is 1. The molecule has 0 aromatic heterocycles. The maximum Gasteiger partial charge on any atom is 0.244 e. The lowest BCUT2D eigenvalue weighted by atomic mass is 10.1. The molecule has 2 aromatic rings. The maximum absolute atomic E-state index is 11.9. The molecule has 0 saturated carbocycles. The van der Waals surface area contributed by atoms with Crippen molar-refractivity contribution in [3.63, 3.8) is 0 Å². The standard InChI is InChI=1S/C18H20N2O6/c1-25-17-10-13(6-8-16(17)21)7-9-18(22)19-11-14-2-4-15(5-3-14)12-26-20(23)24/h2-10,21,23-24H,11-12H2,1H3,(H,19,22)/b9-7+. The van der Waals surface area contributed by atoms with E-state index in [0.29, 0.717) is 12.3 Å². The highest BCUT2D eigenvalue weighted by atomic mass is 17.1. The Labute approximate surface area is 150 Å². The van der Waals surface area contributed by atoms with Crippen LogP contribution in [0.3, 0.4) is 0 Å². The molecular weight excluding hydrogens is 340 g/mol. The first-order chi connectivity index (χ1) is 12.5. The van der Waals surface area contributed by atoms with Gasteiger partial charge in [0.1, 0.15) is 0 Å². The number of phenolic OH excluding ortho intramolecular Hbond substituents is 1. The fraction of sp³-hybridized carbons (Fsp3) is 0.167. The number of amides is 1. The third-order valence-corrected chi connectivity index (χ3v) is 3.47. The molecule has 138 valence electrons. The Kier molecular flexibility index (Phi) is 7.12. The Balaban J connectivity index is 1.84. The van der Waals surface area contributed by atoms with E-state index < -0.39 is 0 Å². The lowest BCUT2D eigenvalue weighted by Crippen LogP contribution is -2.20. The largest absolute Gasteiger partial charge is 0.504 e. The molecule has 8 heteroatoms. The van der Waals surface area contributed by atoms with E-state index in [1.165, 1.54) is 19.3 Å². The number of carbonyl (C=O) groups excluding carboxylic acids is 1. The molecule has 0 heterocycles. The van der Waals surface area contributed by atoms with Gasteiger partial charge in [-0.2, -0.15) is 0 Å². The van der Waals surface area contributed by atoms with Crippen molar-refractivity contribution in [2.75, 3.05) is 7.11 Å². The Hall–Kier alpha value is -2.91. The maximum atomic E-state index is 11.9. The van der Waals surface area contributed by atoms with E-state index in [1.807, 2.05) is 0 Å². The Bertz CT molecular complexity index is 759. The van der Waals surface area contributed by atoms with Crippen LogP contribution in [-0.2, 0) is 22.8 Å². The average molecular weight is 360 g/mol. The van der Waals surface area contributed by atoms with Gasteiger partial charge < -0.3 is 15.2 Å². The van der Waals surface area contributed by atoms with Crippen molar-refractivity contribution in [2.24, 2.45) is 0 Å². The summed E-state index contributed by atoms with van der Waals surface area (Å²) in [5.41, 5.74) is 2.35. The second kappa shape index (κ2) is 9.54. The molecule has 0 spiro atoms. The second-order valence-electron chi connectivity index (χ2n) is 5.33. The third-order valence-electron chi connectivity index (χ3n) is 3.47. The summed E-state index contributed by atoms with van der Waals surface area (Å²) in [5.74, 6) is 0.108. The molecule has 1 amide bonds. The van der Waals surface area contributed by atoms with E-state index in [1.54, 1.807) is 42.5 Å². The molecule has 26 heavy (non-hydrogen) atoms. The highest BCUT2D eigenvalue weighted by molar-refractivity contribution is 5.91. The van der Waals surface area contributed by atoms with Crippen LogP contribution < -0.4 is 10.1 Å². The molecule has 8 nitrogen and oxygen atoms in total. The number of benzene rings is 2. The van der Waals surface area contributed by atoms with Crippen molar-refractivity contribution in [2.45, 2.75) is 13.2 Å². The Morgan fingerprint density at radius 1 is 1.15 bits per heavy atom. The van der Waals surface area contributed by atoms with Gasteiger partial charge in [-0.15, -0.1) is 0 Å². The van der Waals surface area contributed by atoms with Crippen LogP contribution in [-0.4, -0.2) is 33.9 Å². The quantitative estimate of drug-likeness (QED) is 0.422. The average Bonchev–Trinajstić information content (AvgIpc) is 2.64. The molecule has 2 aromatic carbocycles. The lowest BCUT2D eigenvalue weighted by Gasteiger charge is -2.07. The zero-order valence-electron chi connectivity index (χ0n) is 14.1. The summed E-state index contributed by atoms with van der Waals surface area (Å²) >= 11 is 0. The van der Waals surface area contributed by atoms with Crippen LogP contribution in [0.2, 0.25) is 0 Å². The van der Waals surface area contributed by atoms with E-state index in [0.717, 1.165) is 16.7 Å². The second-order valence-corrected chi connectivity index (χ2v) is 5.33. The van der Waals surface area contributed by atoms with Gasteiger partial charge in [0.05, 0.1) is 19.1 Å². The number of hydrogen-bond donors (Lipinski definition) is 4. The van der Waals surface area contributed by atoms with Crippen LogP contribution in [0.1, 0.15) is 16.7 Å². The summed E-state index contributed by atoms with van der Waals surface area (Å²) in [5, 5.41) is 28.9. The van der Waals surface area contributed by atoms with Crippen molar-refractivity contribution in [1.82, 2.24) is 10.7 Å². The molecule has 0 aliphatic rings. The van der Waals surface area contributed by atoms with Gasteiger partial charge in [-0.1, -0.05) is 30.3 Å². The van der Waals surface area contributed by atoms with Crippen LogP contribution in [0.4, 0.5) is 0 Å². The highest BCUT2D eigenvalue weighted by Gasteiger charge is 2.02. The fourth-order valence-corrected chi connectivity index (χ4v) is 2.10. The minimum absolute atomic E-state index is 0.0124. The molecule has 0 unspecified atom stereocenters. The SMILES string of the molecule is COc1cc(/C=C/C(=O)NCc2ccc(CON(O)O)cc2)ccc1O. The molecule has 4 N–H and O–H groups in total. The van der Waals surface area contributed by atoms with Gasteiger partial charge in [-0.05, 0) is 34.9 Å². The number of methoxy groups -OCH3 is 1. The molecule has 0 saturated heterocycles. The fourth-order valence-electron chi connectivity index (χ4n) is 2.10. The van der Waals surface area contributed by atoms with E-state index in [4.69, 9.17) is 15.2 Å². The number of hydrogen-bond acceptors (Lipinski definition) is 7. The smallest absolute Gasteiger partial charge is 0.244 e. The van der Waals surface area contributed by atoms with Gasteiger partial charge >= 0.3 is 0 Å². The van der Waals surface area contributed by atoms with Crippen molar-refractivity contribution in [3.05, 3.63) is 65.2 Å². The summed E-state index contributed by atoms with van der Waals surface area (Å²) < 4.78 is 5.01. The zero-order valence-corrected chi connectivity index (χ0v) is 14.1. The monoisotopic (exact) mass is 360 g/mol. The van der Waals surface area contributed by atoms with Crippen molar-refractivity contribution in [3.8, 4) is 11.5 Å². The number of nitrogens with zero attached hydrogens (tertiary/aromatic N) is 1. The molecule has 0 radical (unpaired) electrons. The first-order valence-electron chi connectivity index (χ1n) is 7.69. The minimum Gasteiger partial charge on any atom is -0.504 e. The van der Waals surface area contributed by atoms with Crippen LogP contribution in [0.15, 0.2) is 48.5 Å². The Morgan fingerprint density at radius 2 is 1.85 bits per heavy atom. The van der Waals surface area contributed by atoms with Crippen LogP contribution in [0.5, 0.6) is 11.5 Å². The molecular formula is C18H20N2O6. The van der Waals surface area contributed by atoms with E-state index in [-0.39, 0.29) is 23.7 Å². The number of aromatic hydroxyl groups is 1. The minimum atomic E-state index is -0.343. The topological polar surface area (TPSA) is 111 Å². The Morgan fingerprint density at radius 3 is 2.50 bits per heavy atom. The highest BCUT2D eigenvalue weighted by Crippen LogP contribution is 2.26. The van der Waals surface area contributed by atoms with Crippen LogP contribution in [0.25, 0.3) is 6.08 Å². The summed E-state index contributed by atoms with van der Waals surface area (Å²) in [4.78, 5) is 16.4. The summed E-state index contributed by atoms with van der Waals surface area (Å²) in [7, 11) is 1.45. The summed E-state index contributed by atoms with van der Waals surface area (Å²) in [6.45, 7) is 0.355. The van der Waals surface area contributed by atoms with E-state index >= 15 is 0 Å². The van der Waals surface area contributed by atoms with Gasteiger partial charge in [-0.25, -0.2) is 4.84 Å².